The maximum Gasteiger partial charge on any atom is 0.251 e. The van der Waals surface area contributed by atoms with E-state index in [-0.39, 0.29) is 11.9 Å². The van der Waals surface area contributed by atoms with Crippen LogP contribution in [-0.2, 0) is 0 Å². The maximum atomic E-state index is 12.5. The number of anilines is 1. The van der Waals surface area contributed by atoms with Gasteiger partial charge in [-0.25, -0.2) is 4.98 Å². The topological polar surface area (TPSA) is 61.6 Å². The van der Waals surface area contributed by atoms with Crippen LogP contribution in [0.2, 0.25) is 0 Å². The fourth-order valence-electron chi connectivity index (χ4n) is 3.04. The number of carbonyl (C=O) groups is 1. The molecule has 3 rings (SSSR count). The van der Waals surface area contributed by atoms with Gasteiger partial charge in [0.05, 0.1) is 12.3 Å². The molecule has 1 fully saturated rings. The summed E-state index contributed by atoms with van der Waals surface area (Å²) in [5.74, 6) is 1.59. The number of pyridine rings is 1. The third-order valence-electron chi connectivity index (χ3n) is 4.37. The average Bonchev–Trinajstić information content (AvgIpc) is 3.29. The van der Waals surface area contributed by atoms with E-state index in [4.69, 9.17) is 4.42 Å². The number of carbonyl (C=O) groups excluding carboxylic acids is 1. The highest BCUT2D eigenvalue weighted by Crippen LogP contribution is 2.25. The Labute approximate surface area is 142 Å². The molecule has 2 aromatic rings. The Morgan fingerprint density at radius 1 is 1.38 bits per heavy atom. The van der Waals surface area contributed by atoms with Crippen molar-refractivity contribution in [3.63, 3.8) is 0 Å². The van der Waals surface area contributed by atoms with Crippen LogP contribution in [0.3, 0.4) is 0 Å². The van der Waals surface area contributed by atoms with E-state index in [0.717, 1.165) is 24.7 Å². The Morgan fingerprint density at radius 2 is 2.17 bits per heavy atom. The summed E-state index contributed by atoms with van der Waals surface area (Å²) >= 11 is 0. The van der Waals surface area contributed by atoms with Crippen molar-refractivity contribution in [2.45, 2.75) is 18.9 Å². The number of rotatable bonds is 6. The summed E-state index contributed by atoms with van der Waals surface area (Å²) < 4.78 is 5.59. The van der Waals surface area contributed by atoms with Crippen molar-refractivity contribution in [1.82, 2.24) is 15.2 Å². The van der Waals surface area contributed by atoms with Crippen molar-refractivity contribution in [3.8, 4) is 0 Å². The molecule has 1 N–H and O–H groups in total. The van der Waals surface area contributed by atoms with Crippen LogP contribution in [-0.4, -0.2) is 49.5 Å². The lowest BCUT2D eigenvalue weighted by Gasteiger charge is -2.26. The first-order chi connectivity index (χ1) is 11.6. The fourth-order valence-corrected chi connectivity index (χ4v) is 3.04. The average molecular weight is 328 g/mol. The van der Waals surface area contributed by atoms with Crippen LogP contribution in [0, 0.1) is 0 Å². The lowest BCUT2D eigenvalue weighted by atomic mass is 10.1. The minimum atomic E-state index is -0.0868. The molecule has 0 aliphatic carbocycles. The van der Waals surface area contributed by atoms with Crippen LogP contribution in [0.4, 0.5) is 5.82 Å². The second-order valence-corrected chi connectivity index (χ2v) is 6.28. The zero-order valence-electron chi connectivity index (χ0n) is 14.2. The summed E-state index contributed by atoms with van der Waals surface area (Å²) in [5, 5.41) is 3.04. The SMILES string of the molecule is CN(C)c1cc(C(=O)NCC(c2ccco2)N2CCCC2)ccn1. The van der Waals surface area contributed by atoms with Crippen molar-refractivity contribution < 1.29 is 9.21 Å². The Morgan fingerprint density at radius 3 is 2.83 bits per heavy atom. The molecular weight excluding hydrogens is 304 g/mol. The van der Waals surface area contributed by atoms with Crippen molar-refractivity contribution in [1.29, 1.82) is 0 Å². The van der Waals surface area contributed by atoms with Crippen LogP contribution in [0.25, 0.3) is 0 Å². The van der Waals surface area contributed by atoms with Gasteiger partial charge in [0.2, 0.25) is 0 Å². The van der Waals surface area contributed by atoms with E-state index in [2.05, 4.69) is 15.2 Å². The molecule has 6 heteroatoms. The van der Waals surface area contributed by atoms with Gasteiger partial charge in [0.25, 0.3) is 5.91 Å². The molecule has 1 unspecified atom stereocenters. The minimum Gasteiger partial charge on any atom is -0.468 e. The number of likely N-dealkylation sites (tertiary alicyclic amines) is 1. The maximum absolute atomic E-state index is 12.5. The number of aromatic nitrogens is 1. The Kier molecular flexibility index (Phi) is 5.15. The molecule has 0 spiro atoms. The molecule has 1 saturated heterocycles. The molecule has 6 nitrogen and oxygen atoms in total. The van der Waals surface area contributed by atoms with Gasteiger partial charge in [0.1, 0.15) is 11.6 Å². The first kappa shape index (κ1) is 16.5. The molecule has 1 aliphatic heterocycles. The molecule has 0 radical (unpaired) electrons. The van der Waals surface area contributed by atoms with E-state index in [1.807, 2.05) is 31.1 Å². The molecule has 0 aromatic carbocycles. The largest absolute Gasteiger partial charge is 0.468 e. The summed E-state index contributed by atoms with van der Waals surface area (Å²) in [4.78, 5) is 21.0. The number of amides is 1. The van der Waals surface area contributed by atoms with Crippen LogP contribution in [0.1, 0.15) is 35.0 Å². The second kappa shape index (κ2) is 7.49. The van der Waals surface area contributed by atoms with Gasteiger partial charge in [-0.2, -0.15) is 0 Å². The zero-order chi connectivity index (χ0) is 16.9. The highest BCUT2D eigenvalue weighted by Gasteiger charge is 2.26. The standard InChI is InChI=1S/C18H24N4O2/c1-21(2)17-12-14(7-8-19-17)18(23)20-13-15(16-6-5-11-24-16)22-9-3-4-10-22/h5-8,11-12,15H,3-4,9-10,13H2,1-2H3,(H,20,23). The minimum absolute atomic E-state index is 0.0848. The molecule has 0 saturated carbocycles. The molecule has 0 bridgehead atoms. The summed E-state index contributed by atoms with van der Waals surface area (Å²) in [6, 6.07) is 7.49. The van der Waals surface area contributed by atoms with Gasteiger partial charge >= 0.3 is 0 Å². The van der Waals surface area contributed by atoms with Gasteiger partial charge < -0.3 is 14.6 Å². The van der Waals surface area contributed by atoms with E-state index in [0.29, 0.717) is 12.1 Å². The van der Waals surface area contributed by atoms with Gasteiger partial charge in [0.15, 0.2) is 0 Å². The predicted molar refractivity (Wildman–Crippen MR) is 93.2 cm³/mol. The van der Waals surface area contributed by atoms with Gasteiger partial charge in [-0.3, -0.25) is 9.69 Å². The normalized spacial score (nSPS) is 16.1. The molecule has 128 valence electrons. The summed E-state index contributed by atoms with van der Waals surface area (Å²) in [6.07, 6.45) is 5.74. The lowest BCUT2D eigenvalue weighted by molar-refractivity contribution is 0.0933. The Hall–Kier alpha value is -2.34. The van der Waals surface area contributed by atoms with E-state index in [1.165, 1.54) is 12.8 Å². The molecular formula is C18H24N4O2. The predicted octanol–water partition coefficient (Wildman–Crippen LogP) is 2.31. The number of nitrogens with zero attached hydrogens (tertiary/aromatic N) is 3. The molecule has 1 aliphatic rings. The van der Waals surface area contributed by atoms with Gasteiger partial charge in [-0.15, -0.1) is 0 Å². The molecule has 1 amide bonds. The number of hydrogen-bond acceptors (Lipinski definition) is 5. The smallest absolute Gasteiger partial charge is 0.251 e. The molecule has 24 heavy (non-hydrogen) atoms. The molecule has 3 heterocycles. The molecule has 2 aromatic heterocycles. The van der Waals surface area contributed by atoms with E-state index in [9.17, 15) is 4.79 Å². The molecule has 1 atom stereocenters. The van der Waals surface area contributed by atoms with Gasteiger partial charge in [-0.05, 0) is 50.2 Å². The lowest BCUT2D eigenvalue weighted by Crippen LogP contribution is -2.36. The summed E-state index contributed by atoms with van der Waals surface area (Å²) in [7, 11) is 3.81. The summed E-state index contributed by atoms with van der Waals surface area (Å²) in [5.41, 5.74) is 0.619. The van der Waals surface area contributed by atoms with Crippen molar-refractivity contribution in [2.24, 2.45) is 0 Å². The zero-order valence-corrected chi connectivity index (χ0v) is 14.2. The highest BCUT2D eigenvalue weighted by molar-refractivity contribution is 5.94. The number of nitrogens with one attached hydrogen (secondary N) is 1. The quantitative estimate of drug-likeness (QED) is 0.882. The fraction of sp³-hybridized carbons (Fsp3) is 0.444. The van der Waals surface area contributed by atoms with E-state index >= 15 is 0 Å². The first-order valence-electron chi connectivity index (χ1n) is 8.34. The van der Waals surface area contributed by atoms with Gasteiger partial charge in [0, 0.05) is 32.4 Å². The van der Waals surface area contributed by atoms with Crippen LogP contribution >= 0.6 is 0 Å². The summed E-state index contributed by atoms with van der Waals surface area (Å²) in [6.45, 7) is 2.62. The van der Waals surface area contributed by atoms with Gasteiger partial charge in [-0.1, -0.05) is 0 Å². The van der Waals surface area contributed by atoms with E-state index in [1.54, 1.807) is 24.6 Å². The van der Waals surface area contributed by atoms with Crippen molar-refractivity contribution in [3.05, 3.63) is 48.0 Å². The number of furan rings is 1. The second-order valence-electron chi connectivity index (χ2n) is 6.28. The van der Waals surface area contributed by atoms with Crippen molar-refractivity contribution >= 4 is 11.7 Å². The van der Waals surface area contributed by atoms with Crippen molar-refractivity contribution in [2.75, 3.05) is 38.6 Å². The third-order valence-corrected chi connectivity index (χ3v) is 4.37. The first-order valence-corrected chi connectivity index (χ1v) is 8.34. The van der Waals surface area contributed by atoms with Crippen LogP contribution < -0.4 is 10.2 Å². The number of hydrogen-bond donors (Lipinski definition) is 1. The highest BCUT2D eigenvalue weighted by atomic mass is 16.3. The third kappa shape index (κ3) is 3.76. The Balaban J connectivity index is 1.68. The van der Waals surface area contributed by atoms with E-state index < -0.39 is 0 Å². The van der Waals surface area contributed by atoms with Crippen LogP contribution in [0.15, 0.2) is 41.1 Å². The monoisotopic (exact) mass is 328 g/mol. The Bertz CT molecular complexity index is 663. The van der Waals surface area contributed by atoms with Crippen LogP contribution in [0.5, 0.6) is 0 Å².